The van der Waals surface area contributed by atoms with Crippen LogP contribution in [0.4, 0.5) is 13.2 Å². The molecule has 20 heavy (non-hydrogen) atoms. The highest BCUT2D eigenvalue weighted by Gasteiger charge is 2.38. The number of aliphatic hydroxyl groups is 1. The summed E-state index contributed by atoms with van der Waals surface area (Å²) in [6.45, 7) is -0.515. The van der Waals surface area contributed by atoms with E-state index < -0.39 is 30.7 Å². The zero-order valence-electron chi connectivity index (χ0n) is 10.5. The molecule has 4 nitrogen and oxygen atoms in total. The number of carbonyl (C=O) groups is 1. The first-order chi connectivity index (χ1) is 9.39. The molecule has 0 radical (unpaired) electrons. The van der Waals surface area contributed by atoms with Crippen molar-refractivity contribution in [2.24, 2.45) is 0 Å². The van der Waals surface area contributed by atoms with Crippen LogP contribution in [-0.4, -0.2) is 36.4 Å². The SMILES string of the molecule is O=C(NCC(O)C(F)(F)F)C1CCOc2ccccc21. The van der Waals surface area contributed by atoms with Crippen molar-refractivity contribution in [3.05, 3.63) is 29.8 Å². The Balaban J connectivity index is 2.01. The highest BCUT2D eigenvalue weighted by atomic mass is 19.4. The number of hydrogen-bond acceptors (Lipinski definition) is 3. The third kappa shape index (κ3) is 3.22. The number of benzene rings is 1. The van der Waals surface area contributed by atoms with E-state index >= 15 is 0 Å². The van der Waals surface area contributed by atoms with Crippen molar-refractivity contribution < 1.29 is 27.8 Å². The summed E-state index contributed by atoms with van der Waals surface area (Å²) >= 11 is 0. The predicted molar refractivity (Wildman–Crippen MR) is 64.4 cm³/mol. The van der Waals surface area contributed by atoms with Crippen molar-refractivity contribution in [2.75, 3.05) is 13.2 Å². The molecular formula is C13H14F3NO3. The van der Waals surface area contributed by atoms with Crippen molar-refractivity contribution in [3.8, 4) is 5.75 Å². The van der Waals surface area contributed by atoms with E-state index in [9.17, 15) is 18.0 Å². The van der Waals surface area contributed by atoms with Crippen molar-refractivity contribution in [3.63, 3.8) is 0 Å². The van der Waals surface area contributed by atoms with Gasteiger partial charge < -0.3 is 15.2 Å². The second-order valence-electron chi connectivity index (χ2n) is 4.53. The molecule has 0 saturated heterocycles. The van der Waals surface area contributed by atoms with Crippen LogP contribution in [0.3, 0.4) is 0 Å². The molecule has 0 bridgehead atoms. The number of carbonyl (C=O) groups excluding carboxylic acids is 1. The molecule has 0 fully saturated rings. The van der Waals surface area contributed by atoms with Crippen molar-refractivity contribution in [2.45, 2.75) is 24.6 Å². The Labute approximate surface area is 113 Å². The minimum absolute atomic E-state index is 0.330. The molecule has 7 heteroatoms. The Morgan fingerprint density at radius 3 is 2.85 bits per heavy atom. The third-order valence-electron chi connectivity index (χ3n) is 3.12. The van der Waals surface area contributed by atoms with Crippen LogP contribution in [0.15, 0.2) is 24.3 Å². The molecule has 2 N–H and O–H groups in total. The van der Waals surface area contributed by atoms with E-state index in [1.807, 2.05) is 0 Å². The van der Waals surface area contributed by atoms with Crippen LogP contribution in [0.5, 0.6) is 5.75 Å². The maximum Gasteiger partial charge on any atom is 0.416 e. The Hall–Kier alpha value is -1.76. The normalized spacial score (nSPS) is 19.7. The van der Waals surface area contributed by atoms with E-state index in [4.69, 9.17) is 9.84 Å². The van der Waals surface area contributed by atoms with Gasteiger partial charge in [-0.3, -0.25) is 4.79 Å². The molecule has 2 rings (SSSR count). The zero-order chi connectivity index (χ0) is 14.8. The van der Waals surface area contributed by atoms with Crippen molar-refractivity contribution in [1.29, 1.82) is 0 Å². The molecule has 110 valence electrons. The van der Waals surface area contributed by atoms with Gasteiger partial charge in [0, 0.05) is 5.56 Å². The lowest BCUT2D eigenvalue weighted by Crippen LogP contribution is -2.42. The molecule has 1 aliphatic heterocycles. The van der Waals surface area contributed by atoms with Crippen LogP contribution in [0.25, 0.3) is 0 Å². The quantitative estimate of drug-likeness (QED) is 0.888. The molecule has 0 spiro atoms. The number of rotatable bonds is 3. The van der Waals surface area contributed by atoms with Gasteiger partial charge >= 0.3 is 6.18 Å². The summed E-state index contributed by atoms with van der Waals surface area (Å²) in [6, 6.07) is 6.91. The predicted octanol–water partition coefficient (Wildman–Crippen LogP) is 1.59. The summed E-state index contributed by atoms with van der Waals surface area (Å²) in [6.07, 6.45) is -6.90. The molecule has 0 saturated carbocycles. The molecule has 1 heterocycles. The van der Waals surface area contributed by atoms with E-state index in [1.54, 1.807) is 24.3 Å². The largest absolute Gasteiger partial charge is 0.493 e. The van der Waals surface area contributed by atoms with Gasteiger partial charge in [-0.1, -0.05) is 18.2 Å². The van der Waals surface area contributed by atoms with E-state index in [0.717, 1.165) is 0 Å². The molecule has 2 atom stereocenters. The maximum absolute atomic E-state index is 12.2. The first-order valence-corrected chi connectivity index (χ1v) is 6.14. The van der Waals surface area contributed by atoms with Crippen LogP contribution in [0.1, 0.15) is 17.9 Å². The first kappa shape index (κ1) is 14.6. The zero-order valence-corrected chi connectivity index (χ0v) is 10.5. The fourth-order valence-electron chi connectivity index (χ4n) is 2.05. The Kier molecular flexibility index (Phi) is 4.17. The van der Waals surface area contributed by atoms with Gasteiger partial charge in [0.2, 0.25) is 5.91 Å². The minimum atomic E-state index is -4.74. The van der Waals surface area contributed by atoms with Gasteiger partial charge in [0.1, 0.15) is 5.75 Å². The fraction of sp³-hybridized carbons (Fsp3) is 0.462. The van der Waals surface area contributed by atoms with Crippen LogP contribution in [0.2, 0.25) is 0 Å². The Morgan fingerprint density at radius 2 is 2.15 bits per heavy atom. The van der Waals surface area contributed by atoms with Gasteiger partial charge in [-0.15, -0.1) is 0 Å². The molecule has 2 unspecified atom stereocenters. The molecular weight excluding hydrogens is 275 g/mol. The Bertz CT molecular complexity index is 490. The molecule has 1 aromatic rings. The van der Waals surface area contributed by atoms with Crippen LogP contribution >= 0.6 is 0 Å². The minimum Gasteiger partial charge on any atom is -0.493 e. The average Bonchev–Trinajstić information content (AvgIpc) is 2.42. The summed E-state index contributed by atoms with van der Waals surface area (Å²) in [4.78, 5) is 11.9. The topological polar surface area (TPSA) is 58.6 Å². The monoisotopic (exact) mass is 289 g/mol. The van der Waals surface area contributed by atoms with Crippen LogP contribution in [0, 0.1) is 0 Å². The van der Waals surface area contributed by atoms with E-state index in [-0.39, 0.29) is 0 Å². The number of nitrogens with one attached hydrogen (secondary N) is 1. The van der Waals surface area contributed by atoms with Gasteiger partial charge in [-0.25, -0.2) is 0 Å². The van der Waals surface area contributed by atoms with Crippen LogP contribution in [-0.2, 0) is 4.79 Å². The number of para-hydroxylation sites is 1. The van der Waals surface area contributed by atoms with Crippen molar-refractivity contribution in [1.82, 2.24) is 5.32 Å². The van der Waals surface area contributed by atoms with Crippen LogP contribution < -0.4 is 10.1 Å². The summed E-state index contributed by atoms with van der Waals surface area (Å²) in [5.41, 5.74) is 0.651. The highest BCUT2D eigenvalue weighted by Crippen LogP contribution is 2.33. The molecule has 0 aromatic heterocycles. The first-order valence-electron chi connectivity index (χ1n) is 6.14. The second-order valence-corrected chi connectivity index (χ2v) is 4.53. The van der Waals surface area contributed by atoms with Gasteiger partial charge in [0.25, 0.3) is 0 Å². The van der Waals surface area contributed by atoms with E-state index in [1.165, 1.54) is 0 Å². The lowest BCUT2D eigenvalue weighted by atomic mass is 9.92. The third-order valence-corrected chi connectivity index (χ3v) is 3.12. The highest BCUT2D eigenvalue weighted by molar-refractivity contribution is 5.84. The number of hydrogen-bond donors (Lipinski definition) is 2. The smallest absolute Gasteiger partial charge is 0.416 e. The standard InChI is InChI=1S/C13H14F3NO3/c14-13(15,16)11(18)7-17-12(19)9-5-6-20-10-4-2-1-3-8(9)10/h1-4,9,11,18H,5-7H2,(H,17,19). The number of alkyl halides is 3. The fourth-order valence-corrected chi connectivity index (χ4v) is 2.05. The molecule has 1 aromatic carbocycles. The lowest BCUT2D eigenvalue weighted by Gasteiger charge is -2.25. The average molecular weight is 289 g/mol. The second kappa shape index (κ2) is 5.70. The molecule has 1 aliphatic rings. The lowest BCUT2D eigenvalue weighted by molar-refractivity contribution is -0.201. The van der Waals surface area contributed by atoms with E-state index in [0.29, 0.717) is 24.3 Å². The number of halogens is 3. The molecule has 0 aliphatic carbocycles. The van der Waals surface area contributed by atoms with Gasteiger partial charge in [0.15, 0.2) is 6.10 Å². The summed E-state index contributed by atoms with van der Waals surface area (Å²) in [7, 11) is 0. The summed E-state index contributed by atoms with van der Waals surface area (Å²) in [5, 5.41) is 11.0. The van der Waals surface area contributed by atoms with Gasteiger partial charge in [0.05, 0.1) is 19.1 Å². The Morgan fingerprint density at radius 1 is 1.45 bits per heavy atom. The molecule has 1 amide bonds. The summed E-state index contributed by atoms with van der Waals surface area (Å²) in [5.74, 6) is -0.528. The summed E-state index contributed by atoms with van der Waals surface area (Å²) < 4.78 is 41.9. The number of ether oxygens (including phenoxy) is 1. The van der Waals surface area contributed by atoms with Gasteiger partial charge in [-0.2, -0.15) is 13.2 Å². The number of fused-ring (bicyclic) bond motifs is 1. The van der Waals surface area contributed by atoms with E-state index in [2.05, 4.69) is 5.32 Å². The maximum atomic E-state index is 12.2. The van der Waals surface area contributed by atoms with Crippen molar-refractivity contribution >= 4 is 5.91 Å². The van der Waals surface area contributed by atoms with Gasteiger partial charge in [-0.05, 0) is 12.5 Å². The number of aliphatic hydroxyl groups excluding tert-OH is 1. The number of amides is 1.